The van der Waals surface area contributed by atoms with Gasteiger partial charge in [0.15, 0.2) is 0 Å². The van der Waals surface area contributed by atoms with Crippen LogP contribution in [0.2, 0.25) is 0 Å². The van der Waals surface area contributed by atoms with Crippen LogP contribution in [0.15, 0.2) is 58.5 Å². The second-order valence-corrected chi connectivity index (χ2v) is 8.78. The zero-order valence-corrected chi connectivity index (χ0v) is 19.4. The van der Waals surface area contributed by atoms with Crippen LogP contribution in [0.3, 0.4) is 0 Å². The summed E-state index contributed by atoms with van der Waals surface area (Å²) in [7, 11) is 0. The summed E-state index contributed by atoms with van der Waals surface area (Å²) in [5.41, 5.74) is 3.51. The molecule has 4 rings (SSSR count). The van der Waals surface area contributed by atoms with Crippen LogP contribution in [0.4, 0.5) is 5.69 Å². The first kappa shape index (κ1) is 21.3. The highest BCUT2D eigenvalue weighted by atomic mass is 79.9. The number of esters is 1. The van der Waals surface area contributed by atoms with Crippen LogP contribution in [-0.4, -0.2) is 28.3 Å². The number of benzene rings is 2. The number of aromatic nitrogens is 2. The summed E-state index contributed by atoms with van der Waals surface area (Å²) in [5.74, 6) is -0.494. The molecular formula is C23H20BrN3O3S. The molecule has 2 aromatic heterocycles. The van der Waals surface area contributed by atoms with E-state index in [-0.39, 0.29) is 12.3 Å². The predicted molar refractivity (Wildman–Crippen MR) is 126 cm³/mol. The molecule has 0 saturated heterocycles. The van der Waals surface area contributed by atoms with Crippen LogP contribution in [0.5, 0.6) is 0 Å². The van der Waals surface area contributed by atoms with Crippen molar-refractivity contribution in [1.29, 1.82) is 0 Å². The summed E-state index contributed by atoms with van der Waals surface area (Å²) in [6.07, 6.45) is 1.78. The quantitative estimate of drug-likeness (QED) is 0.356. The Morgan fingerprint density at radius 3 is 2.87 bits per heavy atom. The molecule has 0 saturated carbocycles. The van der Waals surface area contributed by atoms with Crippen molar-refractivity contribution in [3.05, 3.63) is 75.3 Å². The molecule has 31 heavy (non-hydrogen) atoms. The van der Waals surface area contributed by atoms with Gasteiger partial charge in [-0.2, -0.15) is 5.10 Å². The lowest BCUT2D eigenvalue weighted by Crippen LogP contribution is -2.14. The maximum Gasteiger partial charge on any atom is 0.341 e. The fourth-order valence-corrected chi connectivity index (χ4v) is 4.67. The maximum absolute atomic E-state index is 12.7. The summed E-state index contributed by atoms with van der Waals surface area (Å²) >= 11 is 5.12. The highest BCUT2D eigenvalue weighted by molar-refractivity contribution is 9.10. The monoisotopic (exact) mass is 497 g/mol. The molecular weight excluding hydrogens is 478 g/mol. The maximum atomic E-state index is 12.7. The third kappa shape index (κ3) is 4.55. The van der Waals surface area contributed by atoms with Gasteiger partial charge in [0, 0.05) is 14.9 Å². The number of halogens is 1. The van der Waals surface area contributed by atoms with Crippen LogP contribution in [-0.2, 0) is 16.0 Å². The number of fused-ring (bicyclic) bond motifs is 1. The Bertz CT molecular complexity index is 1280. The molecule has 0 bridgehead atoms. The van der Waals surface area contributed by atoms with Gasteiger partial charge in [-0.15, -0.1) is 11.3 Å². The van der Waals surface area contributed by atoms with Crippen LogP contribution < -0.4 is 5.32 Å². The fraction of sp³-hybridized carbons (Fsp3) is 0.174. The number of carbonyl (C=O) groups is 2. The molecule has 158 valence electrons. The first-order valence-corrected chi connectivity index (χ1v) is 11.4. The van der Waals surface area contributed by atoms with Gasteiger partial charge in [0.25, 0.3) is 0 Å². The highest BCUT2D eigenvalue weighted by Crippen LogP contribution is 2.29. The van der Waals surface area contributed by atoms with E-state index in [1.807, 2.05) is 54.8 Å². The number of thiophene rings is 1. The minimum absolute atomic E-state index is 0.0961. The van der Waals surface area contributed by atoms with Gasteiger partial charge in [-0.05, 0) is 66.6 Å². The molecule has 2 aromatic carbocycles. The average molecular weight is 498 g/mol. The van der Waals surface area contributed by atoms with E-state index in [1.165, 1.54) is 6.20 Å². The largest absolute Gasteiger partial charge is 0.462 e. The van der Waals surface area contributed by atoms with Gasteiger partial charge in [0.1, 0.15) is 5.56 Å². The first-order valence-electron chi connectivity index (χ1n) is 9.74. The molecule has 2 heterocycles. The topological polar surface area (TPSA) is 73.2 Å². The molecule has 1 N–H and O–H groups in total. The van der Waals surface area contributed by atoms with Crippen molar-refractivity contribution < 1.29 is 14.3 Å². The Hall–Kier alpha value is -2.97. The molecule has 0 aliphatic rings. The zero-order valence-electron chi connectivity index (χ0n) is 17.0. The summed E-state index contributed by atoms with van der Waals surface area (Å²) in [5, 5.41) is 10.4. The molecule has 8 heteroatoms. The van der Waals surface area contributed by atoms with E-state index in [4.69, 9.17) is 4.74 Å². The Labute approximate surface area is 192 Å². The van der Waals surface area contributed by atoms with Crippen LogP contribution >= 0.6 is 27.3 Å². The fourth-order valence-electron chi connectivity index (χ4n) is 3.36. The minimum Gasteiger partial charge on any atom is -0.462 e. The number of amides is 1. The average Bonchev–Trinajstić information content (AvgIpc) is 3.31. The van der Waals surface area contributed by atoms with E-state index >= 15 is 0 Å². The summed E-state index contributed by atoms with van der Waals surface area (Å²) in [6.45, 7) is 3.88. The van der Waals surface area contributed by atoms with E-state index in [2.05, 4.69) is 26.3 Å². The number of ether oxygens (including phenoxy) is 1. The predicted octanol–water partition coefficient (Wildman–Crippen LogP) is 5.52. The van der Waals surface area contributed by atoms with Crippen molar-refractivity contribution in [3.8, 4) is 5.69 Å². The molecule has 0 aliphatic carbocycles. The summed E-state index contributed by atoms with van der Waals surface area (Å²) in [4.78, 5) is 24.7. The summed E-state index contributed by atoms with van der Waals surface area (Å²) < 4.78 is 8.87. The van der Waals surface area contributed by atoms with Crippen molar-refractivity contribution in [1.82, 2.24) is 9.78 Å². The van der Waals surface area contributed by atoms with Crippen molar-refractivity contribution in [2.24, 2.45) is 0 Å². The first-order chi connectivity index (χ1) is 15.0. The molecule has 1 amide bonds. The Balaban J connectivity index is 1.52. The van der Waals surface area contributed by atoms with Gasteiger partial charge in [0.2, 0.25) is 5.91 Å². The second kappa shape index (κ2) is 9.03. The lowest BCUT2D eigenvalue weighted by molar-refractivity contribution is -0.115. The van der Waals surface area contributed by atoms with Gasteiger partial charge in [-0.1, -0.05) is 22.0 Å². The highest BCUT2D eigenvalue weighted by Gasteiger charge is 2.16. The number of anilines is 1. The van der Waals surface area contributed by atoms with Crippen molar-refractivity contribution in [3.63, 3.8) is 0 Å². The van der Waals surface area contributed by atoms with Gasteiger partial charge in [-0.3, -0.25) is 4.79 Å². The summed E-state index contributed by atoms with van der Waals surface area (Å²) in [6, 6.07) is 13.5. The number of hydrogen-bond donors (Lipinski definition) is 1. The van der Waals surface area contributed by atoms with E-state index in [1.54, 1.807) is 22.9 Å². The minimum atomic E-state index is -0.398. The smallest absolute Gasteiger partial charge is 0.341 e. The Morgan fingerprint density at radius 1 is 1.23 bits per heavy atom. The molecule has 0 aliphatic heterocycles. The second-order valence-electron chi connectivity index (χ2n) is 6.95. The standard InChI is InChI=1S/C23H20BrN3O3S/c1-3-30-23(29)20-12-25-27(14(20)2)18-6-4-5-17(11-18)26-22(28)9-15-13-31-21-8-7-16(24)10-19(15)21/h4-8,10-13H,3,9H2,1-2H3,(H,26,28). The normalized spacial score (nSPS) is 10.9. The van der Waals surface area contributed by atoms with Crippen molar-refractivity contribution in [2.75, 3.05) is 11.9 Å². The van der Waals surface area contributed by atoms with Gasteiger partial charge >= 0.3 is 5.97 Å². The molecule has 6 nitrogen and oxygen atoms in total. The van der Waals surface area contributed by atoms with E-state index in [9.17, 15) is 9.59 Å². The van der Waals surface area contributed by atoms with Gasteiger partial charge in [0.05, 0.1) is 30.6 Å². The number of carbonyl (C=O) groups excluding carboxylic acids is 2. The van der Waals surface area contributed by atoms with Crippen LogP contribution in [0, 0.1) is 6.92 Å². The lowest BCUT2D eigenvalue weighted by atomic mass is 10.1. The number of rotatable bonds is 6. The zero-order chi connectivity index (χ0) is 22.0. The number of hydrogen-bond acceptors (Lipinski definition) is 5. The van der Waals surface area contributed by atoms with E-state index in [0.717, 1.165) is 25.8 Å². The number of nitrogens with one attached hydrogen (secondary N) is 1. The van der Waals surface area contributed by atoms with Crippen molar-refractivity contribution in [2.45, 2.75) is 20.3 Å². The number of nitrogens with zero attached hydrogens (tertiary/aromatic N) is 2. The SMILES string of the molecule is CCOC(=O)c1cnn(-c2cccc(NC(=O)Cc3csc4ccc(Br)cc34)c2)c1C. The molecule has 0 spiro atoms. The van der Waals surface area contributed by atoms with Gasteiger partial charge < -0.3 is 10.1 Å². The van der Waals surface area contributed by atoms with Crippen molar-refractivity contribution >= 4 is 54.9 Å². The lowest BCUT2D eigenvalue weighted by Gasteiger charge is -2.09. The third-order valence-corrected chi connectivity index (χ3v) is 6.35. The van der Waals surface area contributed by atoms with E-state index < -0.39 is 5.97 Å². The third-order valence-electron chi connectivity index (χ3n) is 4.85. The molecule has 4 aromatic rings. The Morgan fingerprint density at radius 2 is 2.06 bits per heavy atom. The molecule has 0 fully saturated rings. The van der Waals surface area contributed by atoms with Crippen LogP contribution in [0.1, 0.15) is 28.5 Å². The Kier molecular flexibility index (Phi) is 6.20. The molecule has 0 atom stereocenters. The van der Waals surface area contributed by atoms with Crippen LogP contribution in [0.25, 0.3) is 15.8 Å². The van der Waals surface area contributed by atoms with E-state index in [0.29, 0.717) is 23.6 Å². The van der Waals surface area contributed by atoms with Gasteiger partial charge in [-0.25, -0.2) is 9.48 Å². The molecule has 0 radical (unpaired) electrons. The molecule has 0 unspecified atom stereocenters.